The summed E-state index contributed by atoms with van der Waals surface area (Å²) in [6.45, 7) is 1.84. The molecule has 0 heterocycles. The van der Waals surface area contributed by atoms with Crippen molar-refractivity contribution in [3.05, 3.63) is 58.9 Å². The Morgan fingerprint density at radius 2 is 1.84 bits per heavy atom. The van der Waals surface area contributed by atoms with Gasteiger partial charge >= 0.3 is 0 Å². The molecule has 0 fully saturated rings. The minimum Gasteiger partial charge on any atom is -0.354 e. The second-order valence-corrected chi connectivity index (χ2v) is 4.04. The van der Waals surface area contributed by atoms with E-state index in [-0.39, 0.29) is 5.56 Å². The van der Waals surface area contributed by atoms with Gasteiger partial charge in [0, 0.05) is 5.69 Å². The fraction of sp³-hybridized carbons (Fsp3) is 0.0667. The molecule has 2 aromatic rings. The molecule has 0 aromatic heterocycles. The van der Waals surface area contributed by atoms with E-state index in [1.54, 1.807) is 24.3 Å². The first kappa shape index (κ1) is 12.6. The lowest BCUT2D eigenvalue weighted by Gasteiger charge is -2.11. The van der Waals surface area contributed by atoms with Crippen LogP contribution in [0.2, 0.25) is 0 Å². The van der Waals surface area contributed by atoms with E-state index in [4.69, 9.17) is 10.5 Å². The number of hydrogen-bond donors (Lipinski definition) is 1. The van der Waals surface area contributed by atoms with Crippen LogP contribution in [-0.2, 0) is 0 Å². The van der Waals surface area contributed by atoms with Crippen LogP contribution < -0.4 is 5.32 Å². The van der Waals surface area contributed by atoms with E-state index in [1.807, 2.05) is 13.0 Å². The summed E-state index contributed by atoms with van der Waals surface area (Å²) >= 11 is 0. The van der Waals surface area contributed by atoms with E-state index in [1.165, 1.54) is 12.1 Å². The normalized spacial score (nSPS) is 9.47. The van der Waals surface area contributed by atoms with Crippen molar-refractivity contribution in [1.29, 1.82) is 10.5 Å². The minimum absolute atomic E-state index is 0.0220. The zero-order chi connectivity index (χ0) is 13.8. The van der Waals surface area contributed by atoms with Gasteiger partial charge in [0.2, 0.25) is 0 Å². The number of nitrogens with zero attached hydrogens (tertiary/aromatic N) is 2. The molecule has 19 heavy (non-hydrogen) atoms. The highest BCUT2D eigenvalue weighted by Gasteiger charge is 2.09. The highest BCUT2D eigenvalue weighted by molar-refractivity contribution is 5.69. The van der Waals surface area contributed by atoms with Crippen LogP contribution in [0.5, 0.6) is 0 Å². The summed E-state index contributed by atoms with van der Waals surface area (Å²) in [4.78, 5) is 0. The minimum atomic E-state index is -0.557. The van der Waals surface area contributed by atoms with E-state index < -0.39 is 5.82 Å². The zero-order valence-electron chi connectivity index (χ0n) is 10.2. The molecule has 0 unspecified atom stereocenters. The lowest BCUT2D eigenvalue weighted by molar-refractivity contribution is 0.624. The second-order valence-electron chi connectivity index (χ2n) is 4.04. The monoisotopic (exact) mass is 251 g/mol. The Labute approximate surface area is 110 Å². The molecule has 0 saturated carbocycles. The number of hydrogen-bond acceptors (Lipinski definition) is 3. The third-order valence-corrected chi connectivity index (χ3v) is 2.75. The van der Waals surface area contributed by atoms with Crippen LogP contribution in [0.25, 0.3) is 0 Å². The molecule has 0 spiro atoms. The fourth-order valence-electron chi connectivity index (χ4n) is 1.76. The maximum atomic E-state index is 13.5. The largest absolute Gasteiger partial charge is 0.354 e. The SMILES string of the molecule is Cc1cc(C#N)ccc1Nc1cccc(F)c1C#N. The predicted octanol–water partition coefficient (Wildman–Crippen LogP) is 3.62. The number of anilines is 2. The average molecular weight is 251 g/mol. The number of halogens is 1. The van der Waals surface area contributed by atoms with Gasteiger partial charge in [0.05, 0.1) is 17.3 Å². The summed E-state index contributed by atoms with van der Waals surface area (Å²) < 4.78 is 13.5. The molecule has 0 saturated heterocycles. The first-order valence-corrected chi connectivity index (χ1v) is 5.62. The van der Waals surface area contributed by atoms with Crippen LogP contribution in [0.4, 0.5) is 15.8 Å². The molecule has 0 radical (unpaired) electrons. The molecule has 4 heteroatoms. The van der Waals surface area contributed by atoms with E-state index in [9.17, 15) is 4.39 Å². The molecule has 92 valence electrons. The van der Waals surface area contributed by atoms with Crippen LogP contribution in [-0.4, -0.2) is 0 Å². The Hall–Kier alpha value is -2.85. The van der Waals surface area contributed by atoms with Gasteiger partial charge in [0.15, 0.2) is 0 Å². The molecule has 0 bridgehead atoms. The molecular weight excluding hydrogens is 241 g/mol. The first-order valence-electron chi connectivity index (χ1n) is 5.62. The van der Waals surface area contributed by atoms with Crippen molar-refractivity contribution >= 4 is 11.4 Å². The molecular formula is C15H10FN3. The van der Waals surface area contributed by atoms with Crippen molar-refractivity contribution in [2.24, 2.45) is 0 Å². The van der Waals surface area contributed by atoms with Gasteiger partial charge in [-0.2, -0.15) is 10.5 Å². The van der Waals surface area contributed by atoms with E-state index in [0.29, 0.717) is 11.3 Å². The van der Waals surface area contributed by atoms with Gasteiger partial charge in [-0.25, -0.2) is 4.39 Å². The lowest BCUT2D eigenvalue weighted by Crippen LogP contribution is -1.98. The van der Waals surface area contributed by atoms with Crippen molar-refractivity contribution in [2.45, 2.75) is 6.92 Å². The third kappa shape index (κ3) is 2.53. The van der Waals surface area contributed by atoms with Crippen LogP contribution in [0, 0.1) is 35.4 Å². The highest BCUT2D eigenvalue weighted by Crippen LogP contribution is 2.25. The van der Waals surface area contributed by atoms with Gasteiger partial charge in [-0.3, -0.25) is 0 Å². The van der Waals surface area contributed by atoms with Crippen LogP contribution >= 0.6 is 0 Å². The van der Waals surface area contributed by atoms with Crippen molar-refractivity contribution in [3.8, 4) is 12.1 Å². The number of aryl methyl sites for hydroxylation is 1. The molecule has 0 aliphatic heterocycles. The number of nitriles is 2. The van der Waals surface area contributed by atoms with Crippen molar-refractivity contribution in [1.82, 2.24) is 0 Å². The second kappa shape index (κ2) is 5.20. The Morgan fingerprint density at radius 1 is 1.05 bits per heavy atom. The predicted molar refractivity (Wildman–Crippen MR) is 70.3 cm³/mol. The van der Waals surface area contributed by atoms with Gasteiger partial charge in [-0.05, 0) is 42.8 Å². The lowest BCUT2D eigenvalue weighted by atomic mass is 10.1. The highest BCUT2D eigenvalue weighted by atomic mass is 19.1. The van der Waals surface area contributed by atoms with Gasteiger partial charge in [0.25, 0.3) is 0 Å². The summed E-state index contributed by atoms with van der Waals surface area (Å²) in [5, 5.41) is 20.8. The van der Waals surface area contributed by atoms with Gasteiger partial charge in [-0.15, -0.1) is 0 Å². The average Bonchev–Trinajstić information content (AvgIpc) is 2.41. The van der Waals surface area contributed by atoms with Gasteiger partial charge in [-0.1, -0.05) is 6.07 Å². The molecule has 0 aliphatic rings. The summed E-state index contributed by atoms with van der Waals surface area (Å²) in [7, 11) is 0. The summed E-state index contributed by atoms with van der Waals surface area (Å²) in [6.07, 6.45) is 0. The quantitative estimate of drug-likeness (QED) is 0.886. The molecule has 0 aliphatic carbocycles. The first-order chi connectivity index (χ1) is 9.15. The van der Waals surface area contributed by atoms with Crippen LogP contribution in [0.15, 0.2) is 36.4 Å². The third-order valence-electron chi connectivity index (χ3n) is 2.75. The maximum absolute atomic E-state index is 13.5. The molecule has 2 aromatic carbocycles. The number of benzene rings is 2. The van der Waals surface area contributed by atoms with Gasteiger partial charge < -0.3 is 5.32 Å². The van der Waals surface area contributed by atoms with Crippen LogP contribution in [0.3, 0.4) is 0 Å². The van der Waals surface area contributed by atoms with Crippen molar-refractivity contribution in [3.63, 3.8) is 0 Å². The van der Waals surface area contributed by atoms with E-state index >= 15 is 0 Å². The Kier molecular flexibility index (Phi) is 3.45. The number of rotatable bonds is 2. The summed E-state index contributed by atoms with van der Waals surface area (Å²) in [5.74, 6) is -0.557. The fourth-order valence-corrected chi connectivity index (χ4v) is 1.76. The molecule has 2 rings (SSSR count). The Morgan fingerprint density at radius 3 is 2.47 bits per heavy atom. The Balaban J connectivity index is 2.41. The maximum Gasteiger partial charge on any atom is 0.143 e. The van der Waals surface area contributed by atoms with Crippen molar-refractivity contribution < 1.29 is 4.39 Å². The van der Waals surface area contributed by atoms with Gasteiger partial charge in [0.1, 0.15) is 17.4 Å². The standard InChI is InChI=1S/C15H10FN3/c1-10-7-11(8-17)5-6-14(10)19-15-4-2-3-13(16)12(15)9-18/h2-7,19H,1H3. The summed E-state index contributed by atoms with van der Waals surface area (Å²) in [5.41, 5.74) is 2.54. The molecule has 0 atom stereocenters. The number of nitrogens with one attached hydrogen (secondary N) is 1. The van der Waals surface area contributed by atoms with E-state index in [0.717, 1.165) is 11.3 Å². The summed E-state index contributed by atoms with van der Waals surface area (Å²) in [6, 6.07) is 13.4. The van der Waals surface area contributed by atoms with Crippen molar-refractivity contribution in [2.75, 3.05) is 5.32 Å². The molecule has 0 amide bonds. The van der Waals surface area contributed by atoms with Crippen LogP contribution in [0.1, 0.15) is 16.7 Å². The molecule has 3 nitrogen and oxygen atoms in total. The smallest absolute Gasteiger partial charge is 0.143 e. The van der Waals surface area contributed by atoms with E-state index in [2.05, 4.69) is 11.4 Å². The zero-order valence-corrected chi connectivity index (χ0v) is 10.2. The topological polar surface area (TPSA) is 59.6 Å². The Bertz CT molecular complexity index is 708. The molecule has 1 N–H and O–H groups in total.